The van der Waals surface area contributed by atoms with Crippen molar-refractivity contribution in [2.45, 2.75) is 19.4 Å². The SMILES string of the molecule is CCOC(=O)c1ccc(NC(=O)CC2C(=O)N(c3ccc(OC)cc3)C(=S)N2NC(=O)c2ccc(Cl)cc2)cc1. The predicted octanol–water partition coefficient (Wildman–Crippen LogP) is 4.20. The van der Waals surface area contributed by atoms with Gasteiger partial charge in [0.2, 0.25) is 11.0 Å². The van der Waals surface area contributed by atoms with Gasteiger partial charge in [-0.05, 0) is 91.9 Å². The minimum atomic E-state index is -1.13. The predicted molar refractivity (Wildman–Crippen MR) is 153 cm³/mol. The van der Waals surface area contributed by atoms with Crippen molar-refractivity contribution >= 4 is 64.0 Å². The van der Waals surface area contributed by atoms with Crippen LogP contribution in [0.4, 0.5) is 11.4 Å². The van der Waals surface area contributed by atoms with Crippen molar-refractivity contribution in [3.05, 3.63) is 88.9 Å². The summed E-state index contributed by atoms with van der Waals surface area (Å²) >= 11 is 11.5. The number of benzene rings is 3. The average molecular weight is 581 g/mol. The molecule has 0 radical (unpaired) electrons. The van der Waals surface area contributed by atoms with Crippen LogP contribution >= 0.6 is 23.8 Å². The van der Waals surface area contributed by atoms with Gasteiger partial charge in [-0.25, -0.2) is 9.80 Å². The zero-order valence-electron chi connectivity index (χ0n) is 21.5. The van der Waals surface area contributed by atoms with Crippen LogP contribution in [0.5, 0.6) is 5.75 Å². The van der Waals surface area contributed by atoms with Gasteiger partial charge in [0.05, 0.1) is 31.4 Å². The Labute approximate surface area is 240 Å². The smallest absolute Gasteiger partial charge is 0.338 e. The topological polar surface area (TPSA) is 117 Å². The summed E-state index contributed by atoms with van der Waals surface area (Å²) in [5, 5.41) is 4.37. The second-order valence-corrected chi connectivity index (χ2v) is 9.34. The number of hydrogen-bond donors (Lipinski definition) is 2. The summed E-state index contributed by atoms with van der Waals surface area (Å²) in [5.41, 5.74) is 4.14. The Balaban J connectivity index is 1.55. The van der Waals surface area contributed by atoms with Crippen LogP contribution in [0.3, 0.4) is 0 Å². The van der Waals surface area contributed by atoms with Crippen LogP contribution in [0.1, 0.15) is 34.1 Å². The third-order valence-electron chi connectivity index (χ3n) is 5.93. The first kappa shape index (κ1) is 28.5. The lowest BCUT2D eigenvalue weighted by Gasteiger charge is -2.24. The first-order chi connectivity index (χ1) is 19.2. The molecule has 1 heterocycles. The molecule has 1 saturated heterocycles. The van der Waals surface area contributed by atoms with Crippen molar-refractivity contribution in [3.8, 4) is 5.75 Å². The third-order valence-corrected chi connectivity index (χ3v) is 6.56. The van der Waals surface area contributed by atoms with Gasteiger partial charge in [-0.2, -0.15) is 0 Å². The number of ether oxygens (including phenoxy) is 2. The number of nitrogens with zero attached hydrogens (tertiary/aromatic N) is 2. The van der Waals surface area contributed by atoms with Gasteiger partial charge in [0.1, 0.15) is 11.8 Å². The fourth-order valence-corrected chi connectivity index (χ4v) is 4.43. The highest BCUT2D eigenvalue weighted by Crippen LogP contribution is 2.28. The Morgan fingerprint density at radius 3 is 2.17 bits per heavy atom. The van der Waals surface area contributed by atoms with Crippen molar-refractivity contribution in [2.75, 3.05) is 23.9 Å². The monoisotopic (exact) mass is 580 g/mol. The summed E-state index contributed by atoms with van der Waals surface area (Å²) in [6.07, 6.45) is -0.327. The lowest BCUT2D eigenvalue weighted by molar-refractivity contribution is -0.124. The number of carbonyl (C=O) groups is 4. The van der Waals surface area contributed by atoms with Crippen LogP contribution in [0.2, 0.25) is 5.02 Å². The highest BCUT2D eigenvalue weighted by Gasteiger charge is 2.45. The van der Waals surface area contributed by atoms with Gasteiger partial charge in [0, 0.05) is 16.3 Å². The molecule has 1 fully saturated rings. The molecular weight excluding hydrogens is 556 g/mol. The maximum Gasteiger partial charge on any atom is 0.338 e. The number of rotatable bonds is 9. The lowest BCUT2D eigenvalue weighted by atomic mass is 10.1. The van der Waals surface area contributed by atoms with E-state index >= 15 is 0 Å². The maximum atomic E-state index is 13.6. The largest absolute Gasteiger partial charge is 0.497 e. The standard InChI is InChI=1S/C28H25ClN4O6S/c1-3-39-27(37)18-6-10-20(11-7-18)30-24(34)16-23-26(36)32(21-12-14-22(38-2)15-13-21)28(40)33(23)31-25(35)17-4-8-19(29)9-5-17/h4-15,23H,3,16H2,1-2H3,(H,30,34)(H,31,35). The van der Waals surface area contributed by atoms with Gasteiger partial charge in [-0.1, -0.05) is 11.6 Å². The van der Waals surface area contributed by atoms with Gasteiger partial charge in [0.15, 0.2) is 0 Å². The molecule has 40 heavy (non-hydrogen) atoms. The zero-order chi connectivity index (χ0) is 28.8. The molecule has 0 bridgehead atoms. The van der Waals surface area contributed by atoms with E-state index in [1.54, 1.807) is 55.5 Å². The summed E-state index contributed by atoms with van der Waals surface area (Å²) in [4.78, 5) is 52.7. The van der Waals surface area contributed by atoms with Gasteiger partial charge in [-0.3, -0.25) is 24.7 Å². The molecule has 0 spiro atoms. The Morgan fingerprint density at radius 1 is 0.950 bits per heavy atom. The number of hydrazine groups is 1. The minimum Gasteiger partial charge on any atom is -0.497 e. The molecule has 206 valence electrons. The van der Waals surface area contributed by atoms with E-state index in [0.29, 0.717) is 27.7 Å². The molecule has 1 aliphatic rings. The number of anilines is 2. The van der Waals surface area contributed by atoms with Crippen LogP contribution in [-0.2, 0) is 14.3 Å². The van der Waals surface area contributed by atoms with E-state index in [0.717, 1.165) is 0 Å². The molecule has 12 heteroatoms. The summed E-state index contributed by atoms with van der Waals surface area (Å²) in [7, 11) is 1.52. The number of amides is 3. The van der Waals surface area contributed by atoms with E-state index in [-0.39, 0.29) is 23.7 Å². The van der Waals surface area contributed by atoms with E-state index in [4.69, 9.17) is 33.3 Å². The Bertz CT molecular complexity index is 1430. The summed E-state index contributed by atoms with van der Waals surface area (Å²) in [5.74, 6) is -1.44. The fourth-order valence-electron chi connectivity index (χ4n) is 3.93. The molecule has 3 amide bonds. The first-order valence-corrected chi connectivity index (χ1v) is 12.9. The molecule has 1 aliphatic heterocycles. The van der Waals surface area contributed by atoms with Crippen LogP contribution in [0.25, 0.3) is 0 Å². The highest BCUT2D eigenvalue weighted by molar-refractivity contribution is 7.80. The molecule has 0 aromatic heterocycles. The van der Waals surface area contributed by atoms with Crippen LogP contribution in [0, 0.1) is 0 Å². The number of hydrogen-bond acceptors (Lipinski definition) is 7. The van der Waals surface area contributed by atoms with Crippen molar-refractivity contribution in [2.24, 2.45) is 0 Å². The molecule has 4 rings (SSSR count). The van der Waals surface area contributed by atoms with E-state index in [2.05, 4.69) is 10.7 Å². The highest BCUT2D eigenvalue weighted by atomic mass is 35.5. The normalized spacial score (nSPS) is 14.6. The molecule has 3 aromatic rings. The van der Waals surface area contributed by atoms with E-state index < -0.39 is 29.7 Å². The quantitative estimate of drug-likeness (QED) is 0.286. The Kier molecular flexibility index (Phi) is 8.97. The molecular formula is C28H25ClN4O6S. The van der Waals surface area contributed by atoms with Crippen molar-refractivity contribution < 1.29 is 28.7 Å². The Hall–Kier alpha value is -4.48. The summed E-state index contributed by atoms with van der Waals surface area (Å²) < 4.78 is 10.2. The molecule has 0 aliphatic carbocycles. The Morgan fingerprint density at radius 2 is 1.57 bits per heavy atom. The first-order valence-electron chi connectivity index (χ1n) is 12.2. The molecule has 10 nitrogen and oxygen atoms in total. The lowest BCUT2D eigenvalue weighted by Crippen LogP contribution is -2.49. The molecule has 1 unspecified atom stereocenters. The van der Waals surface area contributed by atoms with Crippen LogP contribution in [-0.4, -0.2) is 53.6 Å². The van der Waals surface area contributed by atoms with Gasteiger partial charge >= 0.3 is 5.97 Å². The van der Waals surface area contributed by atoms with Crippen molar-refractivity contribution in [1.29, 1.82) is 0 Å². The van der Waals surface area contributed by atoms with E-state index in [9.17, 15) is 19.2 Å². The molecule has 0 saturated carbocycles. The fraction of sp³-hybridized carbons (Fsp3) is 0.179. The summed E-state index contributed by atoms with van der Waals surface area (Å²) in [6.45, 7) is 1.95. The van der Waals surface area contributed by atoms with Crippen molar-refractivity contribution in [3.63, 3.8) is 0 Å². The van der Waals surface area contributed by atoms with E-state index in [1.807, 2.05) is 0 Å². The minimum absolute atomic E-state index is 0.00549. The maximum absolute atomic E-state index is 13.6. The average Bonchev–Trinajstić information content (AvgIpc) is 3.17. The van der Waals surface area contributed by atoms with E-state index in [1.165, 1.54) is 41.3 Å². The van der Waals surface area contributed by atoms with Crippen LogP contribution in [0.15, 0.2) is 72.8 Å². The number of methoxy groups -OCH3 is 1. The number of nitrogens with one attached hydrogen (secondary N) is 2. The number of halogens is 1. The number of esters is 1. The second kappa shape index (κ2) is 12.6. The molecule has 2 N–H and O–H groups in total. The van der Waals surface area contributed by atoms with Crippen LogP contribution < -0.4 is 20.4 Å². The zero-order valence-corrected chi connectivity index (χ0v) is 23.1. The molecule has 3 aromatic carbocycles. The number of thiocarbonyl (C=S) groups is 1. The van der Waals surface area contributed by atoms with Gasteiger partial charge < -0.3 is 14.8 Å². The molecule has 1 atom stereocenters. The number of carbonyl (C=O) groups excluding carboxylic acids is 4. The summed E-state index contributed by atoms with van der Waals surface area (Å²) in [6, 6.07) is 17.8. The third kappa shape index (κ3) is 6.38. The second-order valence-electron chi connectivity index (χ2n) is 8.54. The van der Waals surface area contributed by atoms with Gasteiger partial charge in [-0.15, -0.1) is 0 Å². The van der Waals surface area contributed by atoms with Gasteiger partial charge in [0.25, 0.3) is 11.8 Å². The van der Waals surface area contributed by atoms with Crippen molar-refractivity contribution in [1.82, 2.24) is 10.4 Å².